The van der Waals surface area contributed by atoms with Crippen molar-refractivity contribution in [2.45, 2.75) is 18.7 Å². The predicted octanol–water partition coefficient (Wildman–Crippen LogP) is 2.76. The van der Waals surface area contributed by atoms with E-state index in [1.54, 1.807) is 18.2 Å². The number of carbonyl (C=O) groups excluding carboxylic acids is 2. The summed E-state index contributed by atoms with van der Waals surface area (Å²) in [6, 6.07) is 11.8. The van der Waals surface area contributed by atoms with E-state index in [4.69, 9.17) is 9.47 Å². The van der Waals surface area contributed by atoms with Gasteiger partial charge in [-0.3, -0.25) is 4.79 Å². The van der Waals surface area contributed by atoms with Gasteiger partial charge in [0.2, 0.25) is 15.8 Å². The number of nitrogens with zero attached hydrogens (tertiary/aromatic N) is 1. The molecule has 7 nitrogen and oxygen atoms in total. The Morgan fingerprint density at radius 2 is 1.74 bits per heavy atom. The summed E-state index contributed by atoms with van der Waals surface area (Å²) in [7, 11) is -3.56. The standard InChI is InChI=1S/C23H25NO6S/c1-17-3-4-18(2)21(15-17)22(25)16-30-23(26)10-7-19-5-8-20(9-6-19)31(27,28)24-11-13-29-14-12-24/h3-10,15H,11-14,16H2,1-2H3. The van der Waals surface area contributed by atoms with Crippen LogP contribution in [0, 0.1) is 13.8 Å². The molecule has 8 heteroatoms. The Hall–Kier alpha value is -2.81. The minimum Gasteiger partial charge on any atom is -0.454 e. The van der Waals surface area contributed by atoms with Gasteiger partial charge in [0, 0.05) is 24.7 Å². The van der Waals surface area contributed by atoms with Gasteiger partial charge in [0.15, 0.2) is 6.61 Å². The van der Waals surface area contributed by atoms with E-state index in [1.165, 1.54) is 28.6 Å². The second kappa shape index (κ2) is 10.00. The number of esters is 1. The fourth-order valence-electron chi connectivity index (χ4n) is 3.15. The third-order valence-corrected chi connectivity index (χ3v) is 6.85. The monoisotopic (exact) mass is 443 g/mol. The molecule has 0 spiro atoms. The maximum absolute atomic E-state index is 12.6. The normalized spacial score (nSPS) is 15.2. The van der Waals surface area contributed by atoms with Crippen LogP contribution in [-0.2, 0) is 24.3 Å². The summed E-state index contributed by atoms with van der Waals surface area (Å²) in [5.74, 6) is -0.913. The Labute approximate surface area is 182 Å². The van der Waals surface area contributed by atoms with Crippen LogP contribution in [0.1, 0.15) is 27.0 Å². The maximum Gasteiger partial charge on any atom is 0.331 e. The van der Waals surface area contributed by atoms with Crippen molar-refractivity contribution in [3.05, 3.63) is 70.8 Å². The van der Waals surface area contributed by atoms with Crippen LogP contribution < -0.4 is 0 Å². The highest BCUT2D eigenvalue weighted by Crippen LogP contribution is 2.18. The van der Waals surface area contributed by atoms with Gasteiger partial charge < -0.3 is 9.47 Å². The first-order chi connectivity index (χ1) is 14.8. The average molecular weight is 444 g/mol. The van der Waals surface area contributed by atoms with Gasteiger partial charge in [-0.1, -0.05) is 29.8 Å². The van der Waals surface area contributed by atoms with E-state index in [2.05, 4.69) is 0 Å². The molecule has 2 aromatic carbocycles. The summed E-state index contributed by atoms with van der Waals surface area (Å²) in [5, 5.41) is 0. The van der Waals surface area contributed by atoms with Crippen LogP contribution in [0.2, 0.25) is 0 Å². The predicted molar refractivity (Wildman–Crippen MR) is 116 cm³/mol. The lowest BCUT2D eigenvalue weighted by atomic mass is 10.0. The molecule has 0 amide bonds. The fraction of sp³-hybridized carbons (Fsp3) is 0.304. The lowest BCUT2D eigenvalue weighted by Crippen LogP contribution is -2.40. The SMILES string of the molecule is Cc1ccc(C)c(C(=O)COC(=O)C=Cc2ccc(S(=O)(=O)N3CCOCC3)cc2)c1. The van der Waals surface area contributed by atoms with Gasteiger partial charge in [-0.05, 0) is 49.2 Å². The van der Waals surface area contributed by atoms with E-state index < -0.39 is 16.0 Å². The number of ketones is 1. The topological polar surface area (TPSA) is 90.0 Å². The third-order valence-electron chi connectivity index (χ3n) is 4.94. The van der Waals surface area contributed by atoms with Crippen molar-refractivity contribution in [1.29, 1.82) is 0 Å². The largest absolute Gasteiger partial charge is 0.454 e. The molecule has 164 valence electrons. The first-order valence-corrected chi connectivity index (χ1v) is 11.3. The minimum atomic E-state index is -3.56. The van der Waals surface area contributed by atoms with Crippen LogP contribution >= 0.6 is 0 Å². The van der Waals surface area contributed by atoms with Crippen molar-refractivity contribution in [3.8, 4) is 0 Å². The van der Waals surface area contributed by atoms with E-state index in [-0.39, 0.29) is 17.3 Å². The van der Waals surface area contributed by atoms with Crippen LogP contribution in [0.15, 0.2) is 53.4 Å². The second-order valence-corrected chi connectivity index (χ2v) is 9.21. The highest BCUT2D eigenvalue weighted by molar-refractivity contribution is 7.89. The van der Waals surface area contributed by atoms with Crippen LogP contribution in [0.3, 0.4) is 0 Å². The Bertz CT molecular complexity index is 1080. The van der Waals surface area contributed by atoms with Crippen LogP contribution in [0.25, 0.3) is 6.08 Å². The first-order valence-electron chi connectivity index (χ1n) is 9.90. The van der Waals surface area contributed by atoms with E-state index in [0.29, 0.717) is 37.4 Å². The summed E-state index contributed by atoms with van der Waals surface area (Å²) >= 11 is 0. The highest BCUT2D eigenvalue weighted by atomic mass is 32.2. The number of ether oxygens (including phenoxy) is 2. The summed E-state index contributed by atoms with van der Waals surface area (Å²) < 4.78 is 36.9. The lowest BCUT2D eigenvalue weighted by molar-refractivity contribution is -0.136. The lowest BCUT2D eigenvalue weighted by Gasteiger charge is -2.26. The van der Waals surface area contributed by atoms with E-state index in [0.717, 1.165) is 11.1 Å². The van der Waals surface area contributed by atoms with Crippen molar-refractivity contribution in [2.75, 3.05) is 32.9 Å². The Morgan fingerprint density at radius 1 is 1.06 bits per heavy atom. The summed E-state index contributed by atoms with van der Waals surface area (Å²) in [6.45, 7) is 4.80. The van der Waals surface area contributed by atoms with Crippen molar-refractivity contribution in [1.82, 2.24) is 4.31 Å². The number of hydrogen-bond acceptors (Lipinski definition) is 6. The van der Waals surface area contributed by atoms with Crippen molar-refractivity contribution in [3.63, 3.8) is 0 Å². The molecule has 3 rings (SSSR count). The molecule has 0 unspecified atom stereocenters. The molecule has 0 bridgehead atoms. The van der Waals surface area contributed by atoms with Crippen molar-refractivity contribution in [2.24, 2.45) is 0 Å². The van der Waals surface area contributed by atoms with Gasteiger partial charge in [0.25, 0.3) is 0 Å². The summed E-state index contributed by atoms with van der Waals surface area (Å²) in [5.41, 5.74) is 2.96. The molecular weight excluding hydrogens is 418 g/mol. The molecule has 1 saturated heterocycles. The molecule has 0 aliphatic carbocycles. The zero-order chi connectivity index (χ0) is 22.4. The molecule has 1 heterocycles. The number of carbonyl (C=O) groups is 2. The highest BCUT2D eigenvalue weighted by Gasteiger charge is 2.25. The first kappa shape index (κ1) is 22.9. The number of sulfonamides is 1. The number of hydrogen-bond donors (Lipinski definition) is 0. The van der Waals surface area contributed by atoms with Gasteiger partial charge >= 0.3 is 5.97 Å². The summed E-state index contributed by atoms with van der Waals surface area (Å²) in [6.07, 6.45) is 2.72. The van der Waals surface area contributed by atoms with E-state index >= 15 is 0 Å². The number of Topliss-reactive ketones (excluding diaryl/α,β-unsaturated/α-hetero) is 1. The smallest absolute Gasteiger partial charge is 0.331 e. The van der Waals surface area contributed by atoms with Crippen LogP contribution in [0.5, 0.6) is 0 Å². The Kier molecular flexibility index (Phi) is 7.37. The molecule has 0 radical (unpaired) electrons. The molecule has 0 atom stereocenters. The molecule has 31 heavy (non-hydrogen) atoms. The Balaban J connectivity index is 1.57. The summed E-state index contributed by atoms with van der Waals surface area (Å²) in [4.78, 5) is 24.4. The molecule has 0 aromatic heterocycles. The zero-order valence-electron chi connectivity index (χ0n) is 17.5. The number of morpholine rings is 1. The van der Waals surface area contributed by atoms with Crippen LogP contribution in [0.4, 0.5) is 0 Å². The zero-order valence-corrected chi connectivity index (χ0v) is 18.4. The van der Waals surface area contributed by atoms with Crippen LogP contribution in [-0.4, -0.2) is 57.4 Å². The number of aryl methyl sites for hydroxylation is 2. The van der Waals surface area contributed by atoms with Gasteiger partial charge in [-0.25, -0.2) is 13.2 Å². The van der Waals surface area contributed by atoms with Gasteiger partial charge in [-0.15, -0.1) is 0 Å². The molecule has 0 saturated carbocycles. The van der Waals surface area contributed by atoms with E-state index in [1.807, 2.05) is 26.0 Å². The second-order valence-electron chi connectivity index (χ2n) is 7.27. The van der Waals surface area contributed by atoms with Gasteiger partial charge in [0.1, 0.15) is 0 Å². The molecule has 0 N–H and O–H groups in total. The third kappa shape index (κ3) is 5.88. The molecular formula is C23H25NO6S. The molecule has 1 aliphatic heterocycles. The van der Waals surface area contributed by atoms with Gasteiger partial charge in [0.05, 0.1) is 18.1 Å². The van der Waals surface area contributed by atoms with Crippen molar-refractivity contribution >= 4 is 27.9 Å². The maximum atomic E-state index is 12.6. The molecule has 1 fully saturated rings. The van der Waals surface area contributed by atoms with E-state index in [9.17, 15) is 18.0 Å². The minimum absolute atomic E-state index is 0.188. The van der Waals surface area contributed by atoms with Gasteiger partial charge in [-0.2, -0.15) is 4.31 Å². The molecule has 2 aromatic rings. The van der Waals surface area contributed by atoms with Crippen molar-refractivity contribution < 1.29 is 27.5 Å². The number of rotatable bonds is 7. The fourth-order valence-corrected chi connectivity index (χ4v) is 4.56. The average Bonchev–Trinajstić information content (AvgIpc) is 2.78. The Morgan fingerprint density at radius 3 is 2.42 bits per heavy atom. The quantitative estimate of drug-likeness (QED) is 0.371. The number of benzene rings is 2. The molecule has 1 aliphatic rings.